The summed E-state index contributed by atoms with van der Waals surface area (Å²) in [6, 6.07) is 12.1. The third-order valence-electron chi connectivity index (χ3n) is 4.84. The van der Waals surface area contributed by atoms with Gasteiger partial charge in [0.25, 0.3) is 0 Å². The van der Waals surface area contributed by atoms with Crippen LogP contribution in [0.25, 0.3) is 15.7 Å². The van der Waals surface area contributed by atoms with E-state index in [0.717, 1.165) is 11.1 Å². The van der Waals surface area contributed by atoms with E-state index in [1.807, 2.05) is 0 Å². The standard InChI is InChI=1S/C22H20N2O4/c1-14-10-15(8-9-18(14)23-3)11-20(25)22(2,28)13-24-12-17(21(26)27)16-6-4-5-7-19(16)24/h4-10,12,28H,11,13H2,1-2H3,(H,26,27)/t22-/m0/s1. The molecule has 0 radical (unpaired) electrons. The number of rotatable bonds is 6. The number of ketones is 1. The van der Waals surface area contributed by atoms with Crippen molar-refractivity contribution in [2.75, 3.05) is 0 Å². The smallest absolute Gasteiger partial charge is 0.337 e. The highest BCUT2D eigenvalue weighted by atomic mass is 16.4. The average molecular weight is 376 g/mol. The number of benzene rings is 2. The Morgan fingerprint density at radius 1 is 1.21 bits per heavy atom. The molecule has 6 nitrogen and oxygen atoms in total. The molecule has 0 saturated carbocycles. The molecule has 0 saturated heterocycles. The van der Waals surface area contributed by atoms with Crippen LogP contribution in [0.5, 0.6) is 0 Å². The van der Waals surface area contributed by atoms with Crippen molar-refractivity contribution in [2.24, 2.45) is 0 Å². The number of carbonyl (C=O) groups excluding carboxylic acids is 1. The Kier molecular flexibility index (Phi) is 5.04. The highest BCUT2D eigenvalue weighted by Crippen LogP contribution is 2.25. The predicted molar refractivity (Wildman–Crippen MR) is 106 cm³/mol. The Labute approximate surface area is 162 Å². The third-order valence-corrected chi connectivity index (χ3v) is 4.84. The van der Waals surface area contributed by atoms with Crippen LogP contribution in [-0.2, 0) is 17.8 Å². The topological polar surface area (TPSA) is 83.9 Å². The predicted octanol–water partition coefficient (Wildman–Crippen LogP) is 3.76. The normalized spacial score (nSPS) is 13.1. The molecule has 6 heteroatoms. The number of nitrogens with zero attached hydrogens (tertiary/aromatic N) is 2. The van der Waals surface area contributed by atoms with Gasteiger partial charge in [0.05, 0.1) is 18.7 Å². The van der Waals surface area contributed by atoms with Crippen LogP contribution in [0.4, 0.5) is 5.69 Å². The van der Waals surface area contributed by atoms with Gasteiger partial charge in [0.1, 0.15) is 5.60 Å². The lowest BCUT2D eigenvalue weighted by Gasteiger charge is -2.23. The Hall–Kier alpha value is -3.43. The zero-order valence-corrected chi connectivity index (χ0v) is 15.6. The molecule has 1 atom stereocenters. The van der Waals surface area contributed by atoms with E-state index in [1.165, 1.54) is 13.1 Å². The molecule has 0 amide bonds. The molecule has 1 heterocycles. The summed E-state index contributed by atoms with van der Waals surface area (Å²) in [5, 5.41) is 20.8. The van der Waals surface area contributed by atoms with Crippen LogP contribution in [0, 0.1) is 13.5 Å². The molecular weight excluding hydrogens is 356 g/mol. The first kappa shape index (κ1) is 19.3. The van der Waals surface area contributed by atoms with Gasteiger partial charge in [-0.3, -0.25) is 4.79 Å². The highest BCUT2D eigenvalue weighted by molar-refractivity contribution is 6.03. The van der Waals surface area contributed by atoms with E-state index < -0.39 is 11.6 Å². The summed E-state index contributed by atoms with van der Waals surface area (Å²) in [5.41, 5.74) is 1.13. The van der Waals surface area contributed by atoms with Gasteiger partial charge in [-0.15, -0.1) is 0 Å². The first-order valence-electron chi connectivity index (χ1n) is 8.77. The van der Waals surface area contributed by atoms with Crippen LogP contribution >= 0.6 is 0 Å². The molecule has 0 fully saturated rings. The number of fused-ring (bicyclic) bond motifs is 1. The molecule has 3 aromatic rings. The van der Waals surface area contributed by atoms with Gasteiger partial charge in [0.2, 0.25) is 0 Å². The van der Waals surface area contributed by atoms with Crippen molar-refractivity contribution in [1.29, 1.82) is 0 Å². The zero-order chi connectivity index (χ0) is 20.5. The summed E-state index contributed by atoms with van der Waals surface area (Å²) >= 11 is 0. The summed E-state index contributed by atoms with van der Waals surface area (Å²) in [6.45, 7) is 10.3. The van der Waals surface area contributed by atoms with E-state index in [9.17, 15) is 19.8 Å². The van der Waals surface area contributed by atoms with Gasteiger partial charge in [-0.05, 0) is 31.0 Å². The molecule has 1 aromatic heterocycles. The number of hydrogen-bond acceptors (Lipinski definition) is 3. The second-order valence-corrected chi connectivity index (χ2v) is 7.10. The van der Waals surface area contributed by atoms with Crippen LogP contribution in [-0.4, -0.2) is 32.1 Å². The zero-order valence-electron chi connectivity index (χ0n) is 15.6. The van der Waals surface area contributed by atoms with Crippen LogP contribution in [0.15, 0.2) is 48.7 Å². The van der Waals surface area contributed by atoms with Crippen molar-refractivity contribution in [2.45, 2.75) is 32.4 Å². The fourth-order valence-corrected chi connectivity index (χ4v) is 3.30. The maximum absolute atomic E-state index is 12.7. The lowest BCUT2D eigenvalue weighted by molar-refractivity contribution is -0.136. The molecule has 0 aliphatic carbocycles. The van der Waals surface area contributed by atoms with Crippen molar-refractivity contribution in [3.8, 4) is 0 Å². The third kappa shape index (κ3) is 3.66. The maximum atomic E-state index is 12.7. The van der Waals surface area contributed by atoms with Gasteiger partial charge in [0, 0.05) is 23.5 Å². The number of aromatic nitrogens is 1. The second-order valence-electron chi connectivity index (χ2n) is 7.10. The van der Waals surface area contributed by atoms with Gasteiger partial charge in [-0.25, -0.2) is 9.64 Å². The van der Waals surface area contributed by atoms with E-state index in [1.54, 1.807) is 54.0 Å². The number of aromatic carboxylic acids is 1. The summed E-state index contributed by atoms with van der Waals surface area (Å²) < 4.78 is 1.60. The van der Waals surface area contributed by atoms with Gasteiger partial charge in [-0.1, -0.05) is 36.4 Å². The van der Waals surface area contributed by atoms with Crippen molar-refractivity contribution < 1.29 is 19.8 Å². The summed E-state index contributed by atoms with van der Waals surface area (Å²) in [4.78, 5) is 27.6. The first-order chi connectivity index (χ1) is 13.2. The molecule has 0 bridgehead atoms. The van der Waals surface area contributed by atoms with E-state index in [2.05, 4.69) is 4.85 Å². The number of para-hydroxylation sites is 1. The van der Waals surface area contributed by atoms with Crippen LogP contribution in [0.2, 0.25) is 0 Å². The molecule has 142 valence electrons. The average Bonchev–Trinajstić information content (AvgIpc) is 3.00. The molecular formula is C22H20N2O4. The number of carbonyl (C=O) groups is 2. The van der Waals surface area contributed by atoms with Crippen molar-refractivity contribution in [3.05, 3.63) is 76.8 Å². The first-order valence-corrected chi connectivity index (χ1v) is 8.77. The second kappa shape index (κ2) is 7.29. The molecule has 0 unspecified atom stereocenters. The van der Waals surface area contributed by atoms with Crippen molar-refractivity contribution in [1.82, 2.24) is 4.57 Å². The quantitative estimate of drug-likeness (QED) is 0.642. The van der Waals surface area contributed by atoms with Gasteiger partial charge in [-0.2, -0.15) is 0 Å². The lowest BCUT2D eigenvalue weighted by Crippen LogP contribution is -2.40. The Balaban J connectivity index is 1.86. The maximum Gasteiger partial charge on any atom is 0.337 e. The fraction of sp³-hybridized carbons (Fsp3) is 0.227. The number of hydrogen-bond donors (Lipinski definition) is 2. The molecule has 0 spiro atoms. The number of carboxylic acids is 1. The highest BCUT2D eigenvalue weighted by Gasteiger charge is 2.31. The minimum absolute atomic E-state index is 0.0249. The Morgan fingerprint density at radius 3 is 2.57 bits per heavy atom. The number of Topliss-reactive ketones (excluding diaryl/α,β-unsaturated/α-hetero) is 1. The summed E-state index contributed by atoms with van der Waals surface area (Å²) in [5.74, 6) is -1.44. The van der Waals surface area contributed by atoms with Gasteiger partial charge < -0.3 is 14.8 Å². The minimum atomic E-state index is -1.68. The fourth-order valence-electron chi connectivity index (χ4n) is 3.30. The van der Waals surface area contributed by atoms with Gasteiger partial charge in [0.15, 0.2) is 11.5 Å². The molecule has 2 aromatic carbocycles. The minimum Gasteiger partial charge on any atom is -0.478 e. The largest absolute Gasteiger partial charge is 0.478 e. The van der Waals surface area contributed by atoms with E-state index in [4.69, 9.17) is 6.57 Å². The molecule has 0 aliphatic rings. The Morgan fingerprint density at radius 2 is 1.93 bits per heavy atom. The van der Waals surface area contributed by atoms with Crippen LogP contribution < -0.4 is 0 Å². The van der Waals surface area contributed by atoms with Crippen LogP contribution in [0.1, 0.15) is 28.4 Å². The number of aryl methyl sites for hydroxylation is 1. The summed E-state index contributed by atoms with van der Waals surface area (Å²) in [7, 11) is 0. The molecule has 2 N–H and O–H groups in total. The lowest BCUT2D eigenvalue weighted by atomic mass is 9.94. The molecule has 28 heavy (non-hydrogen) atoms. The summed E-state index contributed by atoms with van der Waals surface area (Å²) in [6.07, 6.45) is 1.47. The molecule has 0 aliphatic heterocycles. The van der Waals surface area contributed by atoms with E-state index in [-0.39, 0.29) is 24.3 Å². The Bertz CT molecular complexity index is 1120. The van der Waals surface area contributed by atoms with E-state index >= 15 is 0 Å². The monoisotopic (exact) mass is 376 g/mol. The van der Waals surface area contributed by atoms with Crippen LogP contribution in [0.3, 0.4) is 0 Å². The SMILES string of the molecule is [C-]#[N+]c1ccc(CC(=O)[C@@](C)(O)Cn2cc(C(=O)O)c3ccccc32)cc1C. The van der Waals surface area contributed by atoms with Crippen molar-refractivity contribution >= 4 is 28.3 Å². The number of aliphatic hydroxyl groups is 1. The molecule has 3 rings (SSSR count). The van der Waals surface area contributed by atoms with Crippen molar-refractivity contribution in [3.63, 3.8) is 0 Å². The van der Waals surface area contributed by atoms with E-state index in [0.29, 0.717) is 16.6 Å². The number of carboxylic acid groups (broad SMARTS) is 1. The van der Waals surface area contributed by atoms with Gasteiger partial charge >= 0.3 is 5.97 Å².